The van der Waals surface area contributed by atoms with Crippen molar-refractivity contribution in [3.05, 3.63) is 29.8 Å². The van der Waals surface area contributed by atoms with Crippen molar-refractivity contribution >= 4 is 35.2 Å². The number of carbonyl (C=O) groups is 2. The largest absolute Gasteiger partial charge is 0.483 e. The summed E-state index contributed by atoms with van der Waals surface area (Å²) in [6.07, 6.45) is 3.58. The van der Waals surface area contributed by atoms with Gasteiger partial charge in [-0.15, -0.1) is 0 Å². The van der Waals surface area contributed by atoms with Gasteiger partial charge in [0.15, 0.2) is 0 Å². The minimum atomic E-state index is -0.279. The van der Waals surface area contributed by atoms with Crippen LogP contribution in [0.25, 0.3) is 11.0 Å². The Labute approximate surface area is 173 Å². The van der Waals surface area contributed by atoms with Crippen molar-refractivity contribution in [2.45, 2.75) is 31.7 Å². The molecular weight excluding hydrogens is 395 g/mol. The number of nitrogens with zero attached hydrogens (tertiary/aromatic N) is 3. The Kier molecular flexibility index (Phi) is 7.88. The van der Waals surface area contributed by atoms with Gasteiger partial charge in [-0.1, -0.05) is 0 Å². The van der Waals surface area contributed by atoms with Crippen molar-refractivity contribution in [2.24, 2.45) is 0 Å². The number of benzene rings is 1. The molecule has 0 bridgehead atoms. The lowest BCUT2D eigenvalue weighted by Crippen LogP contribution is -2.52. The first-order chi connectivity index (χ1) is 14.1. The zero-order valence-electron chi connectivity index (χ0n) is 16.3. The van der Waals surface area contributed by atoms with Crippen molar-refractivity contribution < 1.29 is 19.1 Å². The number of nitrogens with one attached hydrogen (secondary N) is 1. The fourth-order valence-electron chi connectivity index (χ4n) is 3.92. The number of hydrogen-bond acceptors (Lipinski definition) is 5. The minimum absolute atomic E-state index is 0.190. The maximum Gasteiger partial charge on any atom is 0.290 e. The molecule has 1 aromatic carbocycles. The predicted octanol–water partition coefficient (Wildman–Crippen LogP) is 2.38. The van der Waals surface area contributed by atoms with Gasteiger partial charge in [-0.25, -0.2) is 9.37 Å². The number of H-pyrrole nitrogens is 1. The number of aryl methyl sites for hydroxylation is 1. The van der Waals surface area contributed by atoms with Crippen LogP contribution >= 0.6 is 11.8 Å². The highest BCUT2D eigenvalue weighted by Crippen LogP contribution is 2.23. The average molecular weight is 423 g/mol. The molecule has 2 N–H and O–H groups in total. The number of halogens is 1. The van der Waals surface area contributed by atoms with E-state index in [0.717, 1.165) is 37.5 Å². The fraction of sp³-hybridized carbons (Fsp3) is 0.550. The van der Waals surface area contributed by atoms with Crippen molar-refractivity contribution in [3.8, 4) is 0 Å². The minimum Gasteiger partial charge on any atom is -0.483 e. The van der Waals surface area contributed by atoms with Crippen LogP contribution in [0.15, 0.2) is 18.2 Å². The SMILES string of the molecule is O=C(CCc1nc2ccc(F)cc2[nH]1)N1CCN(C2CCSCC2)CC1.O=CO. The maximum absolute atomic E-state index is 13.3. The number of carbonyl (C=O) groups excluding carboxylic acids is 1. The number of aromatic amines is 1. The average Bonchev–Trinajstić information content (AvgIpc) is 3.15. The lowest BCUT2D eigenvalue weighted by molar-refractivity contribution is -0.133. The Balaban J connectivity index is 0.000000755. The topological polar surface area (TPSA) is 89.5 Å². The highest BCUT2D eigenvalue weighted by molar-refractivity contribution is 7.99. The van der Waals surface area contributed by atoms with E-state index in [1.807, 2.05) is 4.90 Å². The summed E-state index contributed by atoms with van der Waals surface area (Å²) < 4.78 is 13.3. The quantitative estimate of drug-likeness (QED) is 0.736. The first-order valence-electron chi connectivity index (χ1n) is 9.92. The van der Waals surface area contributed by atoms with Crippen molar-refractivity contribution in [1.29, 1.82) is 0 Å². The standard InChI is InChI=1S/C19H25FN4OS.CH2O2/c20-14-1-2-16-17(13-14)22-18(21-16)3-4-19(25)24-9-7-23(8-10-24)15-5-11-26-12-6-15;2-1-3/h1-2,13,15H,3-12H2,(H,21,22);1H,(H,2,3). The van der Waals surface area contributed by atoms with Gasteiger partial charge in [0.2, 0.25) is 5.91 Å². The van der Waals surface area contributed by atoms with Gasteiger partial charge < -0.3 is 15.0 Å². The van der Waals surface area contributed by atoms with E-state index >= 15 is 0 Å². The van der Waals surface area contributed by atoms with Crippen LogP contribution in [0.3, 0.4) is 0 Å². The van der Waals surface area contributed by atoms with Gasteiger partial charge in [0.25, 0.3) is 6.47 Å². The number of carboxylic acid groups (broad SMARTS) is 1. The third-order valence-electron chi connectivity index (χ3n) is 5.44. The highest BCUT2D eigenvalue weighted by atomic mass is 32.2. The van der Waals surface area contributed by atoms with E-state index in [2.05, 4.69) is 26.6 Å². The van der Waals surface area contributed by atoms with Crippen molar-refractivity contribution in [2.75, 3.05) is 37.7 Å². The van der Waals surface area contributed by atoms with Gasteiger partial charge in [0, 0.05) is 45.1 Å². The van der Waals surface area contributed by atoms with Crippen LogP contribution in [0, 0.1) is 5.82 Å². The number of imidazole rings is 1. The van der Waals surface area contributed by atoms with Crippen LogP contribution in [0.5, 0.6) is 0 Å². The molecule has 7 nitrogen and oxygen atoms in total. The molecule has 2 saturated heterocycles. The molecule has 0 unspecified atom stereocenters. The van der Waals surface area contributed by atoms with Gasteiger partial charge in [-0.05, 0) is 42.5 Å². The molecule has 29 heavy (non-hydrogen) atoms. The first-order valence-corrected chi connectivity index (χ1v) is 11.1. The first kappa shape index (κ1) is 21.6. The summed E-state index contributed by atoms with van der Waals surface area (Å²) in [5.74, 6) is 3.20. The molecule has 0 aliphatic carbocycles. The van der Waals surface area contributed by atoms with Crippen LogP contribution in [-0.4, -0.2) is 81.0 Å². The highest BCUT2D eigenvalue weighted by Gasteiger charge is 2.27. The number of fused-ring (bicyclic) bond motifs is 1. The van der Waals surface area contributed by atoms with E-state index in [0.29, 0.717) is 24.4 Å². The number of amides is 1. The number of aromatic nitrogens is 2. The van der Waals surface area contributed by atoms with Gasteiger partial charge >= 0.3 is 0 Å². The number of thioether (sulfide) groups is 1. The lowest BCUT2D eigenvalue weighted by Gasteiger charge is -2.40. The lowest BCUT2D eigenvalue weighted by atomic mass is 10.1. The van der Waals surface area contributed by atoms with Crippen LogP contribution in [0.4, 0.5) is 4.39 Å². The zero-order chi connectivity index (χ0) is 20.6. The van der Waals surface area contributed by atoms with Crippen molar-refractivity contribution in [3.63, 3.8) is 0 Å². The van der Waals surface area contributed by atoms with E-state index in [-0.39, 0.29) is 18.2 Å². The Morgan fingerprint density at radius 3 is 2.66 bits per heavy atom. The maximum atomic E-state index is 13.3. The molecule has 0 saturated carbocycles. The monoisotopic (exact) mass is 422 g/mol. The van der Waals surface area contributed by atoms with E-state index in [1.54, 1.807) is 6.07 Å². The molecule has 1 aromatic heterocycles. The Bertz CT molecular complexity index is 817. The third kappa shape index (κ3) is 5.93. The summed E-state index contributed by atoms with van der Waals surface area (Å²) in [5, 5.41) is 6.89. The molecule has 2 aliphatic heterocycles. The molecule has 2 aromatic rings. The van der Waals surface area contributed by atoms with Crippen LogP contribution in [0.2, 0.25) is 0 Å². The Hall–Kier alpha value is -2.13. The second-order valence-corrected chi connectivity index (χ2v) is 8.44. The summed E-state index contributed by atoms with van der Waals surface area (Å²) >= 11 is 2.05. The van der Waals surface area contributed by atoms with Gasteiger partial charge in [0.05, 0.1) is 11.0 Å². The van der Waals surface area contributed by atoms with E-state index in [9.17, 15) is 9.18 Å². The van der Waals surface area contributed by atoms with Gasteiger partial charge in [0.1, 0.15) is 11.6 Å². The van der Waals surface area contributed by atoms with Crippen LogP contribution in [0.1, 0.15) is 25.1 Å². The smallest absolute Gasteiger partial charge is 0.290 e. The molecule has 0 spiro atoms. The molecule has 4 rings (SSSR count). The Morgan fingerprint density at radius 1 is 1.28 bits per heavy atom. The van der Waals surface area contributed by atoms with Crippen molar-refractivity contribution in [1.82, 2.24) is 19.8 Å². The summed E-state index contributed by atoms with van der Waals surface area (Å²) in [6.45, 7) is 3.39. The molecule has 9 heteroatoms. The summed E-state index contributed by atoms with van der Waals surface area (Å²) in [4.78, 5) is 33.0. The Morgan fingerprint density at radius 2 is 1.97 bits per heavy atom. The molecule has 1 amide bonds. The zero-order valence-corrected chi connectivity index (χ0v) is 17.2. The number of hydrogen-bond donors (Lipinski definition) is 2. The predicted molar refractivity (Wildman–Crippen MR) is 112 cm³/mol. The molecule has 0 radical (unpaired) electrons. The number of rotatable bonds is 4. The van der Waals surface area contributed by atoms with Gasteiger partial charge in [-0.3, -0.25) is 14.5 Å². The summed E-state index contributed by atoms with van der Waals surface area (Å²) in [6, 6.07) is 5.22. The molecule has 2 aliphatic rings. The molecular formula is C20H27FN4O3S. The van der Waals surface area contributed by atoms with E-state index < -0.39 is 0 Å². The summed E-state index contributed by atoms with van der Waals surface area (Å²) in [7, 11) is 0. The molecule has 0 atom stereocenters. The number of piperazine rings is 1. The third-order valence-corrected chi connectivity index (χ3v) is 6.49. The molecule has 3 heterocycles. The van der Waals surface area contributed by atoms with Gasteiger partial charge in [-0.2, -0.15) is 11.8 Å². The fourth-order valence-corrected chi connectivity index (χ4v) is 5.00. The second-order valence-electron chi connectivity index (χ2n) is 7.21. The van der Waals surface area contributed by atoms with E-state index in [4.69, 9.17) is 9.90 Å². The van der Waals surface area contributed by atoms with Crippen LogP contribution in [-0.2, 0) is 16.0 Å². The normalized spacial score (nSPS) is 18.3. The second kappa shape index (κ2) is 10.6. The molecule has 158 valence electrons. The summed E-state index contributed by atoms with van der Waals surface area (Å²) in [5.41, 5.74) is 1.43. The van der Waals surface area contributed by atoms with Crippen LogP contribution < -0.4 is 0 Å². The molecule has 2 fully saturated rings. The van der Waals surface area contributed by atoms with E-state index in [1.165, 1.54) is 36.5 Å².